The Labute approximate surface area is 154 Å². The molecule has 2 aromatic rings. The maximum atomic E-state index is 11.6. The van der Waals surface area contributed by atoms with Gasteiger partial charge in [0.1, 0.15) is 5.60 Å². The molecule has 140 valence electrons. The second-order valence-electron chi connectivity index (χ2n) is 6.46. The van der Waals surface area contributed by atoms with E-state index in [1.54, 1.807) is 43.4 Å². The number of anilines is 2. The summed E-state index contributed by atoms with van der Waals surface area (Å²) in [6.45, 7) is 5.56. The van der Waals surface area contributed by atoms with Gasteiger partial charge in [0.2, 0.25) is 0 Å². The van der Waals surface area contributed by atoms with Crippen molar-refractivity contribution in [3.63, 3.8) is 0 Å². The lowest BCUT2D eigenvalue weighted by atomic mass is 10.1. The Balaban J connectivity index is 0.000000273. The van der Waals surface area contributed by atoms with Crippen molar-refractivity contribution in [2.75, 3.05) is 24.7 Å². The molecule has 0 aliphatic heterocycles. The molecule has 0 heterocycles. The highest BCUT2D eigenvalue weighted by atomic mass is 16.6. The van der Waals surface area contributed by atoms with E-state index in [0.717, 1.165) is 11.4 Å². The summed E-state index contributed by atoms with van der Waals surface area (Å²) in [7, 11) is 3.62. The first-order chi connectivity index (χ1) is 12.2. The number of rotatable bonds is 4. The summed E-state index contributed by atoms with van der Waals surface area (Å²) in [6.07, 6.45) is 0. The molecule has 6 nitrogen and oxygen atoms in total. The fraction of sp³-hybridized carbons (Fsp3) is 0.300. The first-order valence-electron chi connectivity index (χ1n) is 8.18. The van der Waals surface area contributed by atoms with Crippen LogP contribution in [-0.4, -0.2) is 36.7 Å². The molecule has 0 aliphatic carbocycles. The lowest BCUT2D eigenvalue weighted by Crippen LogP contribution is -2.23. The van der Waals surface area contributed by atoms with Crippen LogP contribution in [-0.2, 0) is 4.74 Å². The number of nitrogens with one attached hydrogen (secondary N) is 2. The number of ether oxygens (including phenoxy) is 1. The average Bonchev–Trinajstić information content (AvgIpc) is 2.61. The summed E-state index contributed by atoms with van der Waals surface area (Å²) in [5.74, 6) is -1.18. The van der Waals surface area contributed by atoms with Crippen molar-refractivity contribution in [1.29, 1.82) is 0 Å². The highest BCUT2D eigenvalue weighted by Gasteiger charge is 2.17. The third-order valence-electron chi connectivity index (χ3n) is 3.23. The Morgan fingerprint density at radius 2 is 1.19 bits per heavy atom. The fourth-order valence-electron chi connectivity index (χ4n) is 1.89. The van der Waals surface area contributed by atoms with Crippen LogP contribution in [0.15, 0.2) is 48.5 Å². The number of aromatic carboxylic acids is 1. The topological polar surface area (TPSA) is 87.7 Å². The molecule has 0 amide bonds. The minimum atomic E-state index is -0.896. The second-order valence-corrected chi connectivity index (χ2v) is 6.46. The first kappa shape index (κ1) is 21.0. The zero-order valence-corrected chi connectivity index (χ0v) is 15.8. The molecule has 2 aromatic carbocycles. The van der Waals surface area contributed by atoms with Crippen LogP contribution in [0.4, 0.5) is 11.4 Å². The van der Waals surface area contributed by atoms with E-state index in [4.69, 9.17) is 9.84 Å². The first-order valence-corrected chi connectivity index (χ1v) is 8.18. The van der Waals surface area contributed by atoms with Crippen molar-refractivity contribution in [3.8, 4) is 0 Å². The lowest BCUT2D eigenvalue weighted by molar-refractivity contribution is 0.00693. The summed E-state index contributed by atoms with van der Waals surface area (Å²) < 4.78 is 5.24. The van der Waals surface area contributed by atoms with Crippen LogP contribution in [0.3, 0.4) is 0 Å². The average molecular weight is 358 g/mol. The number of esters is 1. The second kappa shape index (κ2) is 9.46. The van der Waals surface area contributed by atoms with Crippen molar-refractivity contribution in [2.45, 2.75) is 26.4 Å². The number of carboxylic acids is 1. The van der Waals surface area contributed by atoms with Crippen LogP contribution in [0.2, 0.25) is 0 Å². The zero-order chi connectivity index (χ0) is 19.7. The highest BCUT2D eigenvalue weighted by Crippen LogP contribution is 2.14. The number of carbonyl (C=O) groups excluding carboxylic acids is 1. The Morgan fingerprint density at radius 3 is 1.50 bits per heavy atom. The molecule has 3 N–H and O–H groups in total. The van der Waals surface area contributed by atoms with E-state index in [1.807, 2.05) is 40.0 Å². The molecule has 0 radical (unpaired) electrons. The molecule has 0 bridgehead atoms. The molecule has 0 saturated heterocycles. The molecule has 0 aliphatic rings. The van der Waals surface area contributed by atoms with E-state index >= 15 is 0 Å². The van der Waals surface area contributed by atoms with E-state index in [-0.39, 0.29) is 5.97 Å². The molecule has 0 fully saturated rings. The van der Waals surface area contributed by atoms with Crippen molar-refractivity contribution >= 4 is 23.3 Å². The van der Waals surface area contributed by atoms with E-state index in [2.05, 4.69) is 10.6 Å². The predicted octanol–water partition coefficient (Wildman–Crippen LogP) is 4.11. The van der Waals surface area contributed by atoms with Crippen LogP contribution in [0.1, 0.15) is 41.5 Å². The number of carbonyl (C=O) groups is 2. The Bertz CT molecular complexity index is 717. The molecule has 26 heavy (non-hydrogen) atoms. The Hall–Kier alpha value is -3.02. The standard InChI is InChI=1S/C12H17NO2.C8H9NO2/c1-12(2,3)15-11(14)9-5-7-10(13-4)8-6-9;1-9-7-4-2-6(3-5-7)8(10)11/h5-8,13H,1-4H3;2-5,9H,1H3,(H,10,11). The Morgan fingerprint density at radius 1 is 0.808 bits per heavy atom. The van der Waals surface area contributed by atoms with Gasteiger partial charge in [-0.15, -0.1) is 0 Å². The van der Waals surface area contributed by atoms with Gasteiger partial charge in [-0.1, -0.05) is 0 Å². The molecule has 6 heteroatoms. The van der Waals surface area contributed by atoms with Crippen LogP contribution in [0.25, 0.3) is 0 Å². The summed E-state index contributed by atoms with van der Waals surface area (Å²) in [4.78, 5) is 22.0. The quantitative estimate of drug-likeness (QED) is 0.713. The van der Waals surface area contributed by atoms with Crippen LogP contribution < -0.4 is 10.6 Å². The SMILES string of the molecule is CNc1ccc(C(=O)O)cc1.CNc1ccc(C(=O)OC(C)(C)C)cc1. The third kappa shape index (κ3) is 7.25. The molecular formula is C20H26N2O4. The van der Waals surface area contributed by atoms with Gasteiger partial charge in [0.25, 0.3) is 0 Å². The molecule has 0 saturated carbocycles. The fourth-order valence-corrected chi connectivity index (χ4v) is 1.89. The van der Waals surface area contributed by atoms with Crippen molar-refractivity contribution in [1.82, 2.24) is 0 Å². The highest BCUT2D eigenvalue weighted by molar-refractivity contribution is 5.90. The van der Waals surface area contributed by atoms with Gasteiger partial charge in [0.05, 0.1) is 11.1 Å². The van der Waals surface area contributed by atoms with Gasteiger partial charge in [0.15, 0.2) is 0 Å². The van der Waals surface area contributed by atoms with Crippen LogP contribution in [0.5, 0.6) is 0 Å². The van der Waals surface area contributed by atoms with Gasteiger partial charge < -0.3 is 20.5 Å². The van der Waals surface area contributed by atoms with Crippen LogP contribution >= 0.6 is 0 Å². The van der Waals surface area contributed by atoms with Gasteiger partial charge in [-0.2, -0.15) is 0 Å². The van der Waals surface area contributed by atoms with Gasteiger partial charge >= 0.3 is 11.9 Å². The van der Waals surface area contributed by atoms with Gasteiger partial charge in [0, 0.05) is 25.5 Å². The number of hydrogen-bond donors (Lipinski definition) is 3. The third-order valence-corrected chi connectivity index (χ3v) is 3.23. The van der Waals surface area contributed by atoms with Gasteiger partial charge in [-0.25, -0.2) is 9.59 Å². The normalized spacial score (nSPS) is 10.2. The number of hydrogen-bond acceptors (Lipinski definition) is 5. The summed E-state index contributed by atoms with van der Waals surface area (Å²) in [6, 6.07) is 13.8. The molecular weight excluding hydrogens is 332 g/mol. The molecule has 0 unspecified atom stereocenters. The predicted molar refractivity (Wildman–Crippen MR) is 104 cm³/mol. The monoisotopic (exact) mass is 358 g/mol. The van der Waals surface area contributed by atoms with Gasteiger partial charge in [-0.05, 0) is 69.3 Å². The maximum Gasteiger partial charge on any atom is 0.338 e. The van der Waals surface area contributed by atoms with E-state index in [0.29, 0.717) is 11.1 Å². The van der Waals surface area contributed by atoms with E-state index in [1.165, 1.54) is 0 Å². The largest absolute Gasteiger partial charge is 0.478 e. The van der Waals surface area contributed by atoms with Crippen LogP contribution in [0, 0.1) is 0 Å². The minimum absolute atomic E-state index is 0.287. The lowest BCUT2D eigenvalue weighted by Gasteiger charge is -2.19. The van der Waals surface area contributed by atoms with Crippen molar-refractivity contribution in [3.05, 3.63) is 59.7 Å². The molecule has 0 aromatic heterocycles. The van der Waals surface area contributed by atoms with E-state index < -0.39 is 11.6 Å². The van der Waals surface area contributed by atoms with Crippen molar-refractivity contribution in [2.24, 2.45) is 0 Å². The maximum absolute atomic E-state index is 11.6. The molecule has 2 rings (SSSR count). The minimum Gasteiger partial charge on any atom is -0.478 e. The summed E-state index contributed by atoms with van der Waals surface area (Å²) >= 11 is 0. The zero-order valence-electron chi connectivity index (χ0n) is 15.8. The van der Waals surface area contributed by atoms with Gasteiger partial charge in [-0.3, -0.25) is 0 Å². The van der Waals surface area contributed by atoms with E-state index in [9.17, 15) is 9.59 Å². The smallest absolute Gasteiger partial charge is 0.338 e. The number of carboxylic acid groups (broad SMARTS) is 1. The van der Waals surface area contributed by atoms with Crippen molar-refractivity contribution < 1.29 is 19.4 Å². The Kier molecular flexibility index (Phi) is 7.65. The molecule has 0 spiro atoms. The molecule has 0 atom stereocenters. The summed E-state index contributed by atoms with van der Waals surface area (Å²) in [5, 5.41) is 14.4. The number of benzene rings is 2. The summed E-state index contributed by atoms with van der Waals surface area (Å²) in [5.41, 5.74) is 2.32.